The standard InChI is InChI=1S/C20H27ClN4O.ClH/c1-4-20(22,5-2)12-23-19(26)16-11-24-25(18(16)14-7-8-14)15-9-6-13(3)17(21)10-15;/h6,9-11,14H,4-5,7-8,12,22H2,1-3H3,(H,23,26);1H. The van der Waals surface area contributed by atoms with Crippen LogP contribution in [-0.4, -0.2) is 27.8 Å². The summed E-state index contributed by atoms with van der Waals surface area (Å²) in [5, 5.41) is 8.20. The van der Waals surface area contributed by atoms with Gasteiger partial charge in [0.1, 0.15) is 0 Å². The Morgan fingerprint density at radius 2 is 2.04 bits per heavy atom. The number of aromatic nitrogens is 2. The van der Waals surface area contributed by atoms with E-state index in [1.807, 2.05) is 43.7 Å². The molecule has 3 N–H and O–H groups in total. The monoisotopic (exact) mass is 410 g/mol. The fraction of sp³-hybridized carbons (Fsp3) is 0.500. The molecule has 1 aromatic carbocycles. The van der Waals surface area contributed by atoms with Crippen LogP contribution in [0.1, 0.15) is 67.1 Å². The van der Waals surface area contributed by atoms with Gasteiger partial charge in [-0.15, -0.1) is 12.4 Å². The van der Waals surface area contributed by atoms with Crippen molar-refractivity contribution in [2.45, 2.75) is 57.9 Å². The van der Waals surface area contributed by atoms with Gasteiger partial charge in [-0.25, -0.2) is 4.68 Å². The summed E-state index contributed by atoms with van der Waals surface area (Å²) >= 11 is 6.28. The molecular formula is C20H28Cl2N4O. The highest BCUT2D eigenvalue weighted by atomic mass is 35.5. The van der Waals surface area contributed by atoms with Gasteiger partial charge in [0.05, 0.1) is 23.1 Å². The first-order valence-corrected chi connectivity index (χ1v) is 9.68. The average molecular weight is 411 g/mol. The van der Waals surface area contributed by atoms with Gasteiger partial charge in [0.2, 0.25) is 0 Å². The molecule has 0 radical (unpaired) electrons. The number of carbonyl (C=O) groups is 1. The van der Waals surface area contributed by atoms with E-state index >= 15 is 0 Å². The molecule has 2 aromatic rings. The van der Waals surface area contributed by atoms with Gasteiger partial charge in [-0.05, 0) is 50.3 Å². The zero-order valence-corrected chi connectivity index (χ0v) is 17.7. The molecule has 5 nitrogen and oxygen atoms in total. The Morgan fingerprint density at radius 3 is 2.59 bits per heavy atom. The number of amides is 1. The summed E-state index contributed by atoms with van der Waals surface area (Å²) in [6.07, 6.45) is 5.46. The van der Waals surface area contributed by atoms with Gasteiger partial charge in [0, 0.05) is 23.0 Å². The minimum atomic E-state index is -0.365. The van der Waals surface area contributed by atoms with Crippen LogP contribution < -0.4 is 11.1 Å². The first kappa shape index (κ1) is 21.7. The van der Waals surface area contributed by atoms with Crippen LogP contribution in [0.4, 0.5) is 0 Å². The van der Waals surface area contributed by atoms with Crippen LogP contribution in [0.2, 0.25) is 5.02 Å². The smallest absolute Gasteiger partial charge is 0.254 e. The van der Waals surface area contributed by atoms with Crippen molar-refractivity contribution in [2.75, 3.05) is 6.54 Å². The molecule has 3 rings (SSSR count). The van der Waals surface area contributed by atoms with Crippen LogP contribution in [0.3, 0.4) is 0 Å². The van der Waals surface area contributed by atoms with E-state index in [9.17, 15) is 4.79 Å². The van der Waals surface area contributed by atoms with E-state index in [2.05, 4.69) is 10.4 Å². The molecular weight excluding hydrogens is 383 g/mol. The molecule has 7 heteroatoms. The maximum atomic E-state index is 12.8. The van der Waals surface area contributed by atoms with E-state index in [0.29, 0.717) is 23.0 Å². The topological polar surface area (TPSA) is 72.9 Å². The van der Waals surface area contributed by atoms with Crippen LogP contribution in [-0.2, 0) is 0 Å². The minimum absolute atomic E-state index is 0. The number of carbonyl (C=O) groups excluding carboxylic acids is 1. The van der Waals surface area contributed by atoms with Crippen LogP contribution in [0, 0.1) is 6.92 Å². The van der Waals surface area contributed by atoms with Crippen LogP contribution in [0.5, 0.6) is 0 Å². The number of nitrogens with one attached hydrogen (secondary N) is 1. The highest BCUT2D eigenvalue weighted by Gasteiger charge is 2.33. The summed E-state index contributed by atoms with van der Waals surface area (Å²) in [6.45, 7) is 6.52. The van der Waals surface area contributed by atoms with Gasteiger partial charge in [-0.3, -0.25) is 4.79 Å². The SMILES string of the molecule is CCC(N)(CC)CNC(=O)c1cnn(-c2ccc(C)c(Cl)c2)c1C1CC1.Cl. The zero-order chi connectivity index (χ0) is 18.9. The molecule has 0 aliphatic heterocycles. The molecule has 148 valence electrons. The van der Waals surface area contributed by atoms with Crippen molar-refractivity contribution < 1.29 is 4.79 Å². The van der Waals surface area contributed by atoms with Crippen molar-refractivity contribution in [2.24, 2.45) is 5.73 Å². The van der Waals surface area contributed by atoms with Gasteiger partial charge in [-0.1, -0.05) is 31.5 Å². The van der Waals surface area contributed by atoms with Crippen molar-refractivity contribution in [3.63, 3.8) is 0 Å². The van der Waals surface area contributed by atoms with Gasteiger partial charge in [0.25, 0.3) is 5.91 Å². The molecule has 27 heavy (non-hydrogen) atoms. The normalized spacial score (nSPS) is 14.0. The second-order valence-electron chi connectivity index (χ2n) is 7.32. The predicted octanol–water partition coefficient (Wildman–Crippen LogP) is 4.38. The predicted molar refractivity (Wildman–Crippen MR) is 112 cm³/mol. The Balaban J connectivity index is 0.00000261. The van der Waals surface area contributed by atoms with Gasteiger partial charge in [-0.2, -0.15) is 5.10 Å². The number of aryl methyl sites for hydroxylation is 1. The van der Waals surface area contributed by atoms with Crippen LogP contribution in [0.15, 0.2) is 24.4 Å². The lowest BCUT2D eigenvalue weighted by Crippen LogP contribution is -2.49. The first-order valence-electron chi connectivity index (χ1n) is 9.30. The summed E-state index contributed by atoms with van der Waals surface area (Å²) in [5.41, 5.74) is 9.46. The van der Waals surface area contributed by atoms with Gasteiger partial charge < -0.3 is 11.1 Å². The fourth-order valence-corrected chi connectivity index (χ4v) is 3.23. The third-order valence-electron chi connectivity index (χ3n) is 5.42. The molecule has 0 bridgehead atoms. The zero-order valence-electron chi connectivity index (χ0n) is 16.1. The lowest BCUT2D eigenvalue weighted by molar-refractivity contribution is 0.0941. The Kier molecular flexibility index (Phi) is 6.95. The van der Waals surface area contributed by atoms with E-state index in [1.54, 1.807) is 6.20 Å². The Morgan fingerprint density at radius 1 is 1.37 bits per heavy atom. The quantitative estimate of drug-likeness (QED) is 0.710. The maximum absolute atomic E-state index is 12.8. The largest absolute Gasteiger partial charge is 0.350 e. The van der Waals surface area contributed by atoms with Crippen molar-refractivity contribution >= 4 is 29.9 Å². The number of halogens is 2. The van der Waals surface area contributed by atoms with Crippen molar-refractivity contribution in [1.82, 2.24) is 15.1 Å². The molecule has 1 aliphatic rings. The summed E-state index contributed by atoms with van der Waals surface area (Å²) in [4.78, 5) is 12.8. The summed E-state index contributed by atoms with van der Waals surface area (Å²) < 4.78 is 1.85. The average Bonchev–Trinajstić information content (AvgIpc) is 3.39. The minimum Gasteiger partial charge on any atom is -0.350 e. The van der Waals surface area contributed by atoms with Crippen LogP contribution in [0.25, 0.3) is 5.69 Å². The van der Waals surface area contributed by atoms with E-state index in [1.165, 1.54) is 0 Å². The Labute approximate surface area is 172 Å². The summed E-state index contributed by atoms with van der Waals surface area (Å²) in [5.74, 6) is 0.270. The maximum Gasteiger partial charge on any atom is 0.254 e. The van der Waals surface area contributed by atoms with Gasteiger partial charge >= 0.3 is 0 Å². The molecule has 1 saturated carbocycles. The number of nitrogens with zero attached hydrogens (tertiary/aromatic N) is 2. The third kappa shape index (κ3) is 4.65. The third-order valence-corrected chi connectivity index (χ3v) is 5.83. The summed E-state index contributed by atoms with van der Waals surface area (Å²) in [7, 11) is 0. The van der Waals surface area contributed by atoms with E-state index < -0.39 is 0 Å². The molecule has 1 aliphatic carbocycles. The lowest BCUT2D eigenvalue weighted by Gasteiger charge is -2.26. The lowest BCUT2D eigenvalue weighted by atomic mass is 9.94. The molecule has 0 unspecified atom stereocenters. The van der Waals surface area contributed by atoms with Crippen molar-refractivity contribution in [1.29, 1.82) is 0 Å². The molecule has 1 heterocycles. The van der Waals surface area contributed by atoms with E-state index in [-0.39, 0.29) is 23.9 Å². The van der Waals surface area contributed by atoms with Gasteiger partial charge in [0.15, 0.2) is 0 Å². The van der Waals surface area contributed by atoms with Crippen molar-refractivity contribution in [3.05, 3.63) is 46.2 Å². The molecule has 0 saturated heterocycles. The Hall–Kier alpha value is -1.56. The molecule has 1 fully saturated rings. The highest BCUT2D eigenvalue weighted by molar-refractivity contribution is 6.31. The fourth-order valence-electron chi connectivity index (χ4n) is 3.05. The summed E-state index contributed by atoms with van der Waals surface area (Å²) in [6, 6.07) is 5.86. The number of rotatable bonds is 7. The molecule has 1 aromatic heterocycles. The highest BCUT2D eigenvalue weighted by Crippen LogP contribution is 2.42. The molecule has 1 amide bonds. The van der Waals surface area contributed by atoms with E-state index in [0.717, 1.165) is 42.6 Å². The van der Waals surface area contributed by atoms with Crippen LogP contribution >= 0.6 is 24.0 Å². The number of hydrogen-bond donors (Lipinski definition) is 2. The number of hydrogen-bond acceptors (Lipinski definition) is 3. The molecule has 0 atom stereocenters. The number of benzene rings is 1. The van der Waals surface area contributed by atoms with Crippen molar-refractivity contribution in [3.8, 4) is 5.69 Å². The number of nitrogens with two attached hydrogens (primary N) is 1. The first-order chi connectivity index (χ1) is 12.4. The molecule has 0 spiro atoms. The van der Waals surface area contributed by atoms with E-state index in [4.69, 9.17) is 17.3 Å². The second kappa shape index (κ2) is 8.63. The Bertz CT molecular complexity index is 810. The second-order valence-corrected chi connectivity index (χ2v) is 7.72.